The summed E-state index contributed by atoms with van der Waals surface area (Å²) in [6.45, 7) is 0. The minimum Gasteiger partial charge on any atom is -0.480 e. The van der Waals surface area contributed by atoms with Crippen LogP contribution in [0.15, 0.2) is 24.3 Å². The second kappa shape index (κ2) is 9.59. The number of carbonyl (C=O) groups excluding carboxylic acids is 1. The minimum atomic E-state index is -0.854. The summed E-state index contributed by atoms with van der Waals surface area (Å²) in [5.74, 6) is -0.273. The van der Waals surface area contributed by atoms with Crippen LogP contribution >= 0.6 is 11.8 Å². The van der Waals surface area contributed by atoms with Crippen LogP contribution in [0, 0.1) is 0 Å². The summed E-state index contributed by atoms with van der Waals surface area (Å²) in [7, 11) is 0. The van der Waals surface area contributed by atoms with Crippen molar-refractivity contribution in [1.82, 2.24) is 0 Å². The maximum Gasteiger partial charge on any atom is 0.317 e. The van der Waals surface area contributed by atoms with E-state index >= 15 is 0 Å². The summed E-state index contributed by atoms with van der Waals surface area (Å²) >= 11 is 1.50. The highest BCUT2D eigenvalue weighted by atomic mass is 32.2. The molecule has 0 amide bonds. The molecule has 1 atom stereocenters. The first kappa shape index (κ1) is 19.5. The smallest absolute Gasteiger partial charge is 0.317 e. The monoisotopic (exact) mass is 374 g/mol. The Hall–Kier alpha value is -1.29. The number of carbonyl (C=O) groups is 2. The summed E-state index contributed by atoms with van der Waals surface area (Å²) < 4.78 is 0. The third kappa shape index (κ3) is 5.35. The first-order valence-electron chi connectivity index (χ1n) is 10.1. The minimum absolute atomic E-state index is 0.0455. The lowest BCUT2D eigenvalue weighted by molar-refractivity contribution is -0.136. The van der Waals surface area contributed by atoms with Gasteiger partial charge in [-0.25, -0.2) is 0 Å². The van der Waals surface area contributed by atoms with Gasteiger partial charge in [-0.2, -0.15) is 0 Å². The van der Waals surface area contributed by atoms with Crippen molar-refractivity contribution in [2.24, 2.45) is 0 Å². The molecule has 0 aromatic heterocycles. The topological polar surface area (TPSA) is 54.4 Å². The first-order valence-corrected chi connectivity index (χ1v) is 11.1. The number of carboxylic acids is 1. The number of hydrogen-bond acceptors (Lipinski definition) is 3. The molecule has 0 saturated heterocycles. The quantitative estimate of drug-likeness (QED) is 0.610. The zero-order valence-electron chi connectivity index (χ0n) is 15.5. The van der Waals surface area contributed by atoms with Gasteiger partial charge in [0.1, 0.15) is 5.25 Å². The van der Waals surface area contributed by atoms with E-state index in [0.717, 1.165) is 12.8 Å². The van der Waals surface area contributed by atoms with E-state index in [0.29, 0.717) is 16.7 Å². The van der Waals surface area contributed by atoms with E-state index in [9.17, 15) is 14.7 Å². The molecule has 0 aliphatic heterocycles. The Bertz CT molecular complexity index is 598. The highest BCUT2D eigenvalue weighted by Gasteiger charge is 2.27. The van der Waals surface area contributed by atoms with E-state index in [4.69, 9.17) is 0 Å². The van der Waals surface area contributed by atoms with Gasteiger partial charge in [0.25, 0.3) is 0 Å². The molecule has 26 heavy (non-hydrogen) atoms. The van der Waals surface area contributed by atoms with Gasteiger partial charge < -0.3 is 5.11 Å². The first-order chi connectivity index (χ1) is 12.6. The van der Waals surface area contributed by atoms with Crippen molar-refractivity contribution in [3.8, 4) is 0 Å². The maximum absolute atomic E-state index is 12.6. The van der Waals surface area contributed by atoms with Crippen molar-refractivity contribution in [2.75, 3.05) is 0 Å². The lowest BCUT2D eigenvalue weighted by atomic mass is 9.84. The van der Waals surface area contributed by atoms with Crippen molar-refractivity contribution in [1.29, 1.82) is 0 Å². The predicted molar refractivity (Wildman–Crippen MR) is 107 cm³/mol. The SMILES string of the molecule is O=C(C[C@H](SC1CCCCC1)C(=O)O)c1ccc(C2CCCCC2)cc1. The molecule has 2 aliphatic carbocycles. The summed E-state index contributed by atoms with van der Waals surface area (Å²) in [4.78, 5) is 24.2. The fourth-order valence-electron chi connectivity index (χ4n) is 4.29. The number of rotatable bonds is 7. The van der Waals surface area contributed by atoms with E-state index in [1.807, 2.05) is 12.1 Å². The third-order valence-electron chi connectivity index (χ3n) is 5.86. The lowest BCUT2D eigenvalue weighted by Gasteiger charge is -2.24. The zero-order chi connectivity index (χ0) is 18.4. The molecule has 0 spiro atoms. The van der Waals surface area contributed by atoms with Gasteiger partial charge in [-0.05, 0) is 37.2 Å². The van der Waals surface area contributed by atoms with Crippen molar-refractivity contribution >= 4 is 23.5 Å². The van der Waals surface area contributed by atoms with Crippen molar-refractivity contribution in [3.63, 3.8) is 0 Å². The molecular weight excluding hydrogens is 344 g/mol. The van der Waals surface area contributed by atoms with Crippen molar-refractivity contribution < 1.29 is 14.7 Å². The van der Waals surface area contributed by atoms with Gasteiger partial charge in [0, 0.05) is 17.2 Å². The van der Waals surface area contributed by atoms with Crippen LogP contribution in [0.3, 0.4) is 0 Å². The van der Waals surface area contributed by atoms with Gasteiger partial charge in [0.05, 0.1) is 0 Å². The van der Waals surface area contributed by atoms with Crippen LogP contribution in [-0.2, 0) is 4.79 Å². The average Bonchev–Trinajstić information content (AvgIpc) is 2.69. The van der Waals surface area contributed by atoms with Gasteiger partial charge in [-0.1, -0.05) is 62.8 Å². The molecule has 1 aromatic rings. The van der Waals surface area contributed by atoms with E-state index in [1.165, 1.54) is 68.7 Å². The molecule has 2 aliphatic rings. The van der Waals surface area contributed by atoms with E-state index < -0.39 is 11.2 Å². The molecule has 4 heteroatoms. The molecule has 3 nitrogen and oxygen atoms in total. The summed E-state index contributed by atoms with van der Waals surface area (Å²) in [5.41, 5.74) is 1.98. The number of hydrogen-bond donors (Lipinski definition) is 1. The van der Waals surface area contributed by atoms with Crippen LogP contribution in [0.25, 0.3) is 0 Å². The fraction of sp³-hybridized carbons (Fsp3) is 0.636. The van der Waals surface area contributed by atoms with Gasteiger partial charge in [-0.15, -0.1) is 11.8 Å². The molecule has 142 valence electrons. The summed E-state index contributed by atoms with van der Waals surface area (Å²) in [6.07, 6.45) is 12.3. The Labute approximate surface area is 160 Å². The number of benzene rings is 1. The molecule has 1 aromatic carbocycles. The normalized spacial score (nSPS) is 20.6. The van der Waals surface area contributed by atoms with E-state index in [-0.39, 0.29) is 12.2 Å². The van der Waals surface area contributed by atoms with Gasteiger partial charge in [0.15, 0.2) is 5.78 Å². The number of Topliss-reactive ketones (excluding diaryl/α,β-unsaturated/α-hetero) is 1. The zero-order valence-corrected chi connectivity index (χ0v) is 16.3. The highest BCUT2D eigenvalue weighted by molar-refractivity contribution is 8.01. The highest BCUT2D eigenvalue weighted by Crippen LogP contribution is 2.34. The van der Waals surface area contributed by atoms with E-state index in [2.05, 4.69) is 12.1 Å². The second-order valence-electron chi connectivity index (χ2n) is 7.81. The van der Waals surface area contributed by atoms with Crippen LogP contribution in [0.4, 0.5) is 0 Å². The Kier molecular flexibility index (Phi) is 7.18. The molecule has 0 heterocycles. The standard InChI is InChI=1S/C22H30O3S/c23-20(15-21(22(24)25)26-19-9-5-2-6-10-19)18-13-11-17(12-14-18)16-7-3-1-4-8-16/h11-14,16,19,21H,1-10,15H2,(H,24,25)/t21-/m0/s1. The fourth-order valence-corrected chi connectivity index (χ4v) is 5.72. The average molecular weight is 375 g/mol. The predicted octanol–water partition coefficient (Wildman–Crippen LogP) is 5.83. The Morgan fingerprint density at radius 1 is 0.923 bits per heavy atom. The number of carboxylic acid groups (broad SMARTS) is 1. The Morgan fingerprint density at radius 3 is 2.08 bits per heavy atom. The molecule has 3 rings (SSSR count). The van der Waals surface area contributed by atoms with Crippen LogP contribution in [0.1, 0.15) is 92.5 Å². The van der Waals surface area contributed by atoms with E-state index in [1.54, 1.807) is 0 Å². The van der Waals surface area contributed by atoms with Crippen LogP contribution < -0.4 is 0 Å². The van der Waals surface area contributed by atoms with Gasteiger partial charge >= 0.3 is 5.97 Å². The Balaban J connectivity index is 1.58. The summed E-state index contributed by atoms with van der Waals surface area (Å²) in [5, 5.41) is 9.31. The Morgan fingerprint density at radius 2 is 1.50 bits per heavy atom. The van der Waals surface area contributed by atoms with Crippen LogP contribution in [0.5, 0.6) is 0 Å². The lowest BCUT2D eigenvalue weighted by Crippen LogP contribution is -2.24. The van der Waals surface area contributed by atoms with Crippen LogP contribution in [-0.4, -0.2) is 27.4 Å². The molecule has 2 fully saturated rings. The summed E-state index contributed by atoms with van der Waals surface area (Å²) in [6, 6.07) is 7.95. The molecule has 1 N–H and O–H groups in total. The molecular formula is C22H30O3S. The molecule has 0 radical (unpaired) electrons. The third-order valence-corrected chi connectivity index (χ3v) is 7.42. The second-order valence-corrected chi connectivity index (χ2v) is 9.32. The van der Waals surface area contributed by atoms with Crippen molar-refractivity contribution in [3.05, 3.63) is 35.4 Å². The van der Waals surface area contributed by atoms with Gasteiger partial charge in [-0.3, -0.25) is 9.59 Å². The van der Waals surface area contributed by atoms with Crippen LogP contribution in [0.2, 0.25) is 0 Å². The molecule has 0 bridgehead atoms. The number of ketones is 1. The van der Waals surface area contributed by atoms with Crippen molar-refractivity contribution in [2.45, 2.75) is 87.0 Å². The maximum atomic E-state index is 12.6. The number of thioether (sulfide) groups is 1. The van der Waals surface area contributed by atoms with Gasteiger partial charge in [0.2, 0.25) is 0 Å². The number of aliphatic carboxylic acids is 1. The largest absolute Gasteiger partial charge is 0.480 e. The molecule has 2 saturated carbocycles. The molecule has 0 unspecified atom stereocenters.